The quantitative estimate of drug-likeness (QED) is 0.560. The molecular weight excluding hydrogens is 188 g/mol. The van der Waals surface area contributed by atoms with E-state index in [1.54, 1.807) is 16.9 Å². The zero-order chi connectivity index (χ0) is 10.7. The highest BCUT2D eigenvalue weighted by atomic mass is 16.1. The van der Waals surface area contributed by atoms with Gasteiger partial charge in [-0.25, -0.2) is 4.68 Å². The van der Waals surface area contributed by atoms with Crippen LogP contribution in [0.3, 0.4) is 0 Å². The Hall–Kier alpha value is -2.16. The number of para-hydroxylation sites is 1. The van der Waals surface area contributed by atoms with Crippen LogP contribution in [0.15, 0.2) is 55.3 Å². The van der Waals surface area contributed by atoms with Crippen LogP contribution >= 0.6 is 0 Å². The van der Waals surface area contributed by atoms with Gasteiger partial charge in [-0.05, 0) is 24.3 Å². The van der Waals surface area contributed by atoms with Gasteiger partial charge < -0.3 is 0 Å². The Balaban J connectivity index is 2.50. The summed E-state index contributed by atoms with van der Waals surface area (Å²) in [5.74, 6) is -0.128. The lowest BCUT2D eigenvalue weighted by atomic mass is 10.2. The van der Waals surface area contributed by atoms with E-state index in [1.807, 2.05) is 30.3 Å². The van der Waals surface area contributed by atoms with Crippen LogP contribution in [0.1, 0.15) is 10.5 Å². The van der Waals surface area contributed by atoms with Crippen molar-refractivity contribution in [2.45, 2.75) is 0 Å². The third kappa shape index (κ3) is 1.72. The van der Waals surface area contributed by atoms with Crippen molar-refractivity contribution in [2.24, 2.45) is 0 Å². The van der Waals surface area contributed by atoms with Crippen LogP contribution in [0, 0.1) is 0 Å². The minimum Gasteiger partial charge on any atom is -0.288 e. The zero-order valence-electron chi connectivity index (χ0n) is 8.13. The van der Waals surface area contributed by atoms with Crippen molar-refractivity contribution in [1.82, 2.24) is 9.78 Å². The molecule has 15 heavy (non-hydrogen) atoms. The van der Waals surface area contributed by atoms with Gasteiger partial charge in [-0.1, -0.05) is 24.8 Å². The number of hydrogen-bond acceptors (Lipinski definition) is 2. The van der Waals surface area contributed by atoms with Crippen molar-refractivity contribution in [3.05, 3.63) is 60.9 Å². The average Bonchev–Trinajstić information content (AvgIpc) is 2.78. The van der Waals surface area contributed by atoms with Crippen LogP contribution in [0.25, 0.3) is 5.69 Å². The minimum absolute atomic E-state index is 0.128. The van der Waals surface area contributed by atoms with Gasteiger partial charge >= 0.3 is 0 Å². The van der Waals surface area contributed by atoms with Crippen molar-refractivity contribution < 1.29 is 4.79 Å². The summed E-state index contributed by atoms with van der Waals surface area (Å²) in [5.41, 5.74) is 1.39. The molecule has 0 aliphatic rings. The monoisotopic (exact) mass is 198 g/mol. The van der Waals surface area contributed by atoms with E-state index in [0.717, 1.165) is 5.69 Å². The molecule has 0 radical (unpaired) electrons. The molecule has 0 spiro atoms. The third-order valence-corrected chi connectivity index (χ3v) is 2.08. The molecule has 3 heteroatoms. The zero-order valence-corrected chi connectivity index (χ0v) is 8.13. The molecule has 2 rings (SSSR count). The molecule has 0 bridgehead atoms. The molecule has 1 aromatic carbocycles. The van der Waals surface area contributed by atoms with Gasteiger partial charge in [-0.15, -0.1) is 0 Å². The maximum Gasteiger partial charge on any atom is 0.203 e. The van der Waals surface area contributed by atoms with E-state index >= 15 is 0 Å². The predicted octanol–water partition coefficient (Wildman–Crippen LogP) is 2.24. The summed E-state index contributed by atoms with van der Waals surface area (Å²) in [6.45, 7) is 3.46. The van der Waals surface area contributed by atoms with Crippen LogP contribution in [0.5, 0.6) is 0 Å². The molecule has 1 heterocycles. The van der Waals surface area contributed by atoms with E-state index in [1.165, 1.54) is 6.08 Å². The first-order valence-corrected chi connectivity index (χ1v) is 4.59. The highest BCUT2D eigenvalue weighted by Gasteiger charge is 2.09. The molecule has 0 atom stereocenters. The average molecular weight is 198 g/mol. The first kappa shape index (κ1) is 9.40. The van der Waals surface area contributed by atoms with E-state index in [4.69, 9.17) is 0 Å². The number of carbonyl (C=O) groups excluding carboxylic acids is 1. The molecule has 0 aliphatic carbocycles. The van der Waals surface area contributed by atoms with E-state index in [-0.39, 0.29) is 5.78 Å². The van der Waals surface area contributed by atoms with Gasteiger partial charge in [0.1, 0.15) is 5.69 Å². The summed E-state index contributed by atoms with van der Waals surface area (Å²) in [6.07, 6.45) is 2.89. The number of allylic oxidation sites excluding steroid dienone is 1. The first-order valence-electron chi connectivity index (χ1n) is 4.59. The van der Waals surface area contributed by atoms with Gasteiger partial charge in [0.15, 0.2) is 0 Å². The molecule has 3 nitrogen and oxygen atoms in total. The Morgan fingerprint density at radius 2 is 2.00 bits per heavy atom. The fraction of sp³-hybridized carbons (Fsp3) is 0. The molecule has 0 fully saturated rings. The predicted molar refractivity (Wildman–Crippen MR) is 58.1 cm³/mol. The summed E-state index contributed by atoms with van der Waals surface area (Å²) in [7, 11) is 0. The highest BCUT2D eigenvalue weighted by Crippen LogP contribution is 2.10. The molecule has 0 aliphatic heterocycles. The number of rotatable bonds is 3. The summed E-state index contributed by atoms with van der Waals surface area (Å²) in [4.78, 5) is 11.5. The lowest BCUT2D eigenvalue weighted by Crippen LogP contribution is -2.06. The lowest BCUT2D eigenvalue weighted by molar-refractivity contribution is 0.104. The molecule has 2 aromatic rings. The normalized spacial score (nSPS) is 9.87. The Morgan fingerprint density at radius 1 is 1.27 bits per heavy atom. The molecule has 0 saturated carbocycles. The second-order valence-corrected chi connectivity index (χ2v) is 3.03. The highest BCUT2D eigenvalue weighted by molar-refractivity contribution is 6.03. The summed E-state index contributed by atoms with van der Waals surface area (Å²) in [6, 6.07) is 11.2. The van der Waals surface area contributed by atoms with Crippen molar-refractivity contribution in [1.29, 1.82) is 0 Å². The first-order chi connectivity index (χ1) is 7.33. The van der Waals surface area contributed by atoms with Crippen molar-refractivity contribution in [3.8, 4) is 5.69 Å². The Bertz CT molecular complexity index is 485. The number of benzene rings is 1. The standard InChI is InChI=1S/C12H10N2O/c1-2-12(15)11-8-9-13-14(11)10-6-4-3-5-7-10/h2-9H,1H2. The van der Waals surface area contributed by atoms with Gasteiger partial charge in [0, 0.05) is 0 Å². The van der Waals surface area contributed by atoms with Crippen molar-refractivity contribution in [2.75, 3.05) is 0 Å². The molecule has 1 aromatic heterocycles. The summed E-state index contributed by atoms with van der Waals surface area (Å²) < 4.78 is 1.60. The van der Waals surface area contributed by atoms with E-state index < -0.39 is 0 Å². The number of nitrogens with zero attached hydrogens (tertiary/aromatic N) is 2. The number of hydrogen-bond donors (Lipinski definition) is 0. The maximum absolute atomic E-state index is 11.5. The van der Waals surface area contributed by atoms with Crippen LogP contribution in [0.2, 0.25) is 0 Å². The van der Waals surface area contributed by atoms with Crippen LogP contribution in [0.4, 0.5) is 0 Å². The van der Waals surface area contributed by atoms with Crippen molar-refractivity contribution in [3.63, 3.8) is 0 Å². The molecule has 0 unspecified atom stereocenters. The lowest BCUT2D eigenvalue weighted by Gasteiger charge is -2.03. The summed E-state index contributed by atoms with van der Waals surface area (Å²) >= 11 is 0. The number of ketones is 1. The van der Waals surface area contributed by atoms with Gasteiger partial charge in [0.25, 0.3) is 0 Å². The Labute approximate surface area is 87.7 Å². The molecular formula is C12H10N2O. The van der Waals surface area contributed by atoms with Gasteiger partial charge in [-0.2, -0.15) is 5.10 Å². The van der Waals surface area contributed by atoms with E-state index in [0.29, 0.717) is 5.69 Å². The molecule has 0 amide bonds. The molecule has 0 N–H and O–H groups in total. The van der Waals surface area contributed by atoms with Crippen LogP contribution in [-0.2, 0) is 0 Å². The second-order valence-electron chi connectivity index (χ2n) is 3.03. The summed E-state index contributed by atoms with van der Waals surface area (Å²) in [5, 5.41) is 4.10. The largest absolute Gasteiger partial charge is 0.288 e. The SMILES string of the molecule is C=CC(=O)c1ccnn1-c1ccccc1. The van der Waals surface area contributed by atoms with Gasteiger partial charge in [-0.3, -0.25) is 4.79 Å². The van der Waals surface area contributed by atoms with E-state index in [9.17, 15) is 4.79 Å². The van der Waals surface area contributed by atoms with Crippen LogP contribution in [-0.4, -0.2) is 15.6 Å². The van der Waals surface area contributed by atoms with Gasteiger partial charge in [0.05, 0.1) is 11.9 Å². The number of aromatic nitrogens is 2. The van der Waals surface area contributed by atoms with Crippen LogP contribution < -0.4 is 0 Å². The number of carbonyl (C=O) groups is 1. The minimum atomic E-state index is -0.128. The molecule has 0 saturated heterocycles. The van der Waals surface area contributed by atoms with E-state index in [2.05, 4.69) is 11.7 Å². The topological polar surface area (TPSA) is 34.9 Å². The Kier molecular flexibility index (Phi) is 2.46. The van der Waals surface area contributed by atoms with Gasteiger partial charge in [0.2, 0.25) is 5.78 Å². The smallest absolute Gasteiger partial charge is 0.203 e. The maximum atomic E-state index is 11.5. The fourth-order valence-electron chi connectivity index (χ4n) is 1.37. The van der Waals surface area contributed by atoms with Crippen molar-refractivity contribution >= 4 is 5.78 Å². The molecule has 74 valence electrons. The Morgan fingerprint density at radius 3 is 2.67 bits per heavy atom. The second kappa shape index (κ2) is 3.92. The third-order valence-electron chi connectivity index (χ3n) is 2.08. The fourth-order valence-corrected chi connectivity index (χ4v) is 1.37.